The van der Waals surface area contributed by atoms with Crippen LogP contribution in [0.2, 0.25) is 0 Å². The molecule has 0 saturated carbocycles. The first-order chi connectivity index (χ1) is 6.64. The van der Waals surface area contributed by atoms with Crippen molar-refractivity contribution >= 4 is 0 Å². The Bertz CT molecular complexity index is 323. The van der Waals surface area contributed by atoms with Crippen LogP contribution in [0.15, 0.2) is 16.5 Å². The number of nitrogens with two attached hydrogens (primary N) is 1. The SMILES string of the molecule is Cc1ccc(C2(C)OCC(CN)O2)o1. The third-order valence-electron chi connectivity index (χ3n) is 2.39. The lowest BCUT2D eigenvalue weighted by atomic mass is 10.2. The molecule has 1 fully saturated rings. The molecule has 2 N–H and O–H groups in total. The molecule has 2 unspecified atom stereocenters. The molecular weight excluding hydrogens is 182 g/mol. The van der Waals surface area contributed by atoms with Gasteiger partial charge in [0.05, 0.1) is 12.7 Å². The first-order valence-electron chi connectivity index (χ1n) is 4.73. The summed E-state index contributed by atoms with van der Waals surface area (Å²) in [7, 11) is 0. The maximum Gasteiger partial charge on any atom is 0.225 e. The summed E-state index contributed by atoms with van der Waals surface area (Å²) in [6.45, 7) is 4.73. The minimum Gasteiger partial charge on any atom is -0.461 e. The molecular formula is C10H15NO3. The fourth-order valence-electron chi connectivity index (χ4n) is 1.56. The van der Waals surface area contributed by atoms with Crippen molar-refractivity contribution in [2.75, 3.05) is 13.2 Å². The third-order valence-corrected chi connectivity index (χ3v) is 2.39. The topological polar surface area (TPSA) is 57.6 Å². The van der Waals surface area contributed by atoms with Gasteiger partial charge in [-0.1, -0.05) is 0 Å². The van der Waals surface area contributed by atoms with Crippen LogP contribution >= 0.6 is 0 Å². The normalized spacial score (nSPS) is 32.4. The summed E-state index contributed by atoms with van der Waals surface area (Å²) in [4.78, 5) is 0. The number of rotatable bonds is 2. The van der Waals surface area contributed by atoms with E-state index in [4.69, 9.17) is 19.6 Å². The molecule has 1 aliphatic heterocycles. The summed E-state index contributed by atoms with van der Waals surface area (Å²) in [6, 6.07) is 3.76. The van der Waals surface area contributed by atoms with Gasteiger partial charge in [0.2, 0.25) is 5.79 Å². The second-order valence-corrected chi connectivity index (χ2v) is 3.64. The van der Waals surface area contributed by atoms with Gasteiger partial charge in [0.15, 0.2) is 5.76 Å². The van der Waals surface area contributed by atoms with Crippen molar-refractivity contribution in [2.24, 2.45) is 5.73 Å². The van der Waals surface area contributed by atoms with E-state index in [1.54, 1.807) is 0 Å². The Morgan fingerprint density at radius 2 is 2.36 bits per heavy atom. The van der Waals surface area contributed by atoms with E-state index < -0.39 is 5.79 Å². The number of aryl methyl sites for hydroxylation is 1. The van der Waals surface area contributed by atoms with Crippen LogP contribution in [0.3, 0.4) is 0 Å². The van der Waals surface area contributed by atoms with Crippen molar-refractivity contribution in [2.45, 2.75) is 25.7 Å². The molecule has 1 aromatic rings. The standard InChI is InChI=1S/C10H15NO3/c1-7-3-4-9(13-7)10(2)12-6-8(5-11)14-10/h3-4,8H,5-6,11H2,1-2H3. The molecule has 1 aromatic heterocycles. The number of hydrogen-bond donors (Lipinski definition) is 1. The molecule has 2 rings (SSSR count). The summed E-state index contributed by atoms with van der Waals surface area (Å²) in [5.41, 5.74) is 5.50. The van der Waals surface area contributed by atoms with Gasteiger partial charge in [-0.3, -0.25) is 0 Å². The van der Waals surface area contributed by atoms with Gasteiger partial charge in [0, 0.05) is 6.54 Å². The zero-order valence-electron chi connectivity index (χ0n) is 8.45. The highest BCUT2D eigenvalue weighted by Gasteiger charge is 2.40. The smallest absolute Gasteiger partial charge is 0.225 e. The first-order valence-corrected chi connectivity index (χ1v) is 4.73. The lowest BCUT2D eigenvalue weighted by Gasteiger charge is -2.20. The van der Waals surface area contributed by atoms with Crippen LogP contribution in [0.4, 0.5) is 0 Å². The molecule has 0 aliphatic carbocycles. The van der Waals surface area contributed by atoms with Gasteiger partial charge >= 0.3 is 0 Å². The van der Waals surface area contributed by atoms with Gasteiger partial charge in [-0.05, 0) is 26.0 Å². The molecule has 4 nitrogen and oxygen atoms in total. The predicted octanol–water partition coefficient (Wildman–Crippen LogP) is 1.13. The van der Waals surface area contributed by atoms with Crippen LogP contribution in [0, 0.1) is 6.92 Å². The maximum absolute atomic E-state index is 5.66. The van der Waals surface area contributed by atoms with Gasteiger partial charge < -0.3 is 19.6 Å². The van der Waals surface area contributed by atoms with Crippen LogP contribution in [0.1, 0.15) is 18.4 Å². The lowest BCUT2D eigenvalue weighted by molar-refractivity contribution is -0.173. The zero-order chi connectivity index (χ0) is 10.2. The van der Waals surface area contributed by atoms with Gasteiger partial charge in [-0.15, -0.1) is 0 Å². The van der Waals surface area contributed by atoms with Crippen molar-refractivity contribution in [3.8, 4) is 0 Å². The molecule has 2 heterocycles. The quantitative estimate of drug-likeness (QED) is 0.772. The van der Waals surface area contributed by atoms with Crippen molar-refractivity contribution in [3.05, 3.63) is 23.7 Å². The first kappa shape index (κ1) is 9.71. The molecule has 1 saturated heterocycles. The predicted molar refractivity (Wildman–Crippen MR) is 50.7 cm³/mol. The largest absolute Gasteiger partial charge is 0.461 e. The van der Waals surface area contributed by atoms with E-state index in [1.165, 1.54) is 0 Å². The molecule has 0 spiro atoms. The number of furan rings is 1. The van der Waals surface area contributed by atoms with E-state index in [1.807, 2.05) is 26.0 Å². The van der Waals surface area contributed by atoms with Gasteiger partial charge in [-0.2, -0.15) is 0 Å². The van der Waals surface area contributed by atoms with Gasteiger partial charge in [-0.25, -0.2) is 0 Å². The Labute approximate surface area is 83.0 Å². The summed E-state index contributed by atoms with van der Waals surface area (Å²) in [5.74, 6) is 0.786. The van der Waals surface area contributed by atoms with Crippen molar-refractivity contribution < 1.29 is 13.9 Å². The zero-order valence-corrected chi connectivity index (χ0v) is 8.45. The number of hydrogen-bond acceptors (Lipinski definition) is 4. The fourth-order valence-corrected chi connectivity index (χ4v) is 1.56. The minimum atomic E-state index is -0.766. The van der Waals surface area contributed by atoms with E-state index in [0.717, 1.165) is 5.76 Å². The second kappa shape index (κ2) is 3.38. The lowest BCUT2D eigenvalue weighted by Crippen LogP contribution is -2.26. The summed E-state index contributed by atoms with van der Waals surface area (Å²) < 4.78 is 16.7. The summed E-state index contributed by atoms with van der Waals surface area (Å²) >= 11 is 0. The van der Waals surface area contributed by atoms with Crippen molar-refractivity contribution in [3.63, 3.8) is 0 Å². The van der Waals surface area contributed by atoms with E-state index in [0.29, 0.717) is 18.9 Å². The third kappa shape index (κ3) is 1.56. The Hall–Kier alpha value is -0.840. The molecule has 0 bridgehead atoms. The molecule has 0 aromatic carbocycles. The van der Waals surface area contributed by atoms with Crippen LogP contribution < -0.4 is 5.73 Å². The average Bonchev–Trinajstić information content (AvgIpc) is 2.73. The van der Waals surface area contributed by atoms with E-state index in [2.05, 4.69) is 0 Å². The maximum atomic E-state index is 5.66. The fraction of sp³-hybridized carbons (Fsp3) is 0.600. The molecule has 14 heavy (non-hydrogen) atoms. The minimum absolute atomic E-state index is 0.0367. The average molecular weight is 197 g/mol. The summed E-state index contributed by atoms with van der Waals surface area (Å²) in [6.07, 6.45) is -0.0367. The van der Waals surface area contributed by atoms with Gasteiger partial charge in [0.25, 0.3) is 0 Å². The Balaban J connectivity index is 2.18. The van der Waals surface area contributed by atoms with E-state index in [9.17, 15) is 0 Å². The van der Waals surface area contributed by atoms with Crippen LogP contribution in [0.25, 0.3) is 0 Å². The second-order valence-electron chi connectivity index (χ2n) is 3.64. The van der Waals surface area contributed by atoms with Crippen molar-refractivity contribution in [1.82, 2.24) is 0 Å². The van der Waals surface area contributed by atoms with Crippen molar-refractivity contribution in [1.29, 1.82) is 0 Å². The highest BCUT2D eigenvalue weighted by Crippen LogP contribution is 2.34. The highest BCUT2D eigenvalue weighted by atomic mass is 16.8. The van der Waals surface area contributed by atoms with Crippen LogP contribution in [0.5, 0.6) is 0 Å². The van der Waals surface area contributed by atoms with E-state index in [-0.39, 0.29) is 6.10 Å². The Kier molecular flexibility index (Phi) is 2.34. The summed E-state index contributed by atoms with van der Waals surface area (Å²) in [5, 5.41) is 0. The molecule has 2 atom stereocenters. The molecule has 4 heteroatoms. The Morgan fingerprint density at radius 1 is 1.57 bits per heavy atom. The highest BCUT2D eigenvalue weighted by molar-refractivity contribution is 5.11. The molecule has 1 aliphatic rings. The van der Waals surface area contributed by atoms with Gasteiger partial charge in [0.1, 0.15) is 5.76 Å². The van der Waals surface area contributed by atoms with Crippen LogP contribution in [-0.4, -0.2) is 19.3 Å². The number of ether oxygens (including phenoxy) is 2. The molecule has 0 amide bonds. The van der Waals surface area contributed by atoms with Crippen LogP contribution in [-0.2, 0) is 15.3 Å². The van der Waals surface area contributed by atoms with E-state index >= 15 is 0 Å². The molecule has 0 radical (unpaired) electrons. The monoisotopic (exact) mass is 197 g/mol. The Morgan fingerprint density at radius 3 is 2.86 bits per heavy atom. The molecule has 78 valence electrons.